The van der Waals surface area contributed by atoms with E-state index in [1.165, 1.54) is 0 Å². The van der Waals surface area contributed by atoms with Gasteiger partial charge in [0.2, 0.25) is 0 Å². The van der Waals surface area contributed by atoms with Gasteiger partial charge < -0.3 is 14.6 Å². The van der Waals surface area contributed by atoms with E-state index in [0.717, 1.165) is 6.42 Å². The lowest BCUT2D eigenvalue weighted by Gasteiger charge is -2.01. The first-order valence-electron chi connectivity index (χ1n) is 4.55. The van der Waals surface area contributed by atoms with Crippen molar-refractivity contribution in [2.24, 2.45) is 0 Å². The van der Waals surface area contributed by atoms with Gasteiger partial charge in [-0.05, 0) is 13.3 Å². The van der Waals surface area contributed by atoms with Crippen molar-refractivity contribution < 1.29 is 9.26 Å². The molecular weight excluding hydrogens is 182 g/mol. The Hall–Kier alpha value is -1.36. The highest BCUT2D eigenvalue weighted by atomic mass is 16.5. The predicted molar refractivity (Wildman–Crippen MR) is 53.2 cm³/mol. The monoisotopic (exact) mass is 197 g/mol. The van der Waals surface area contributed by atoms with Crippen LogP contribution in [0.2, 0.25) is 0 Å². The van der Waals surface area contributed by atoms with Crippen LogP contribution < -0.4 is 5.32 Å². The molecule has 0 amide bonds. The highest BCUT2D eigenvalue weighted by Gasteiger charge is 1.99. The average Bonchev–Trinajstić information content (AvgIpc) is 2.58. The number of aryl methyl sites for hydroxylation is 1. The molecule has 0 saturated heterocycles. The van der Waals surface area contributed by atoms with Gasteiger partial charge in [0.1, 0.15) is 0 Å². The van der Waals surface area contributed by atoms with Crippen LogP contribution in [0.1, 0.15) is 12.2 Å². The van der Waals surface area contributed by atoms with E-state index in [2.05, 4.69) is 22.0 Å². The maximum Gasteiger partial charge on any atom is 0.321 e. The average molecular weight is 197 g/mol. The van der Waals surface area contributed by atoms with Crippen molar-refractivity contribution in [2.45, 2.75) is 13.3 Å². The molecule has 0 fully saturated rings. The minimum Gasteiger partial charge on any atom is -0.379 e. The van der Waals surface area contributed by atoms with Gasteiger partial charge in [-0.1, -0.05) is 11.2 Å². The molecule has 0 aromatic carbocycles. The van der Waals surface area contributed by atoms with Gasteiger partial charge in [-0.3, -0.25) is 0 Å². The summed E-state index contributed by atoms with van der Waals surface area (Å²) in [5.74, 6) is 0.625. The summed E-state index contributed by atoms with van der Waals surface area (Å²) in [5.41, 5.74) is 0. The molecule has 1 aromatic heterocycles. The predicted octanol–water partition coefficient (Wildman–Crippen LogP) is 1.38. The number of nitrogens with zero attached hydrogens (tertiary/aromatic N) is 2. The number of hydrogen-bond acceptors (Lipinski definition) is 5. The summed E-state index contributed by atoms with van der Waals surface area (Å²) in [5, 5.41) is 6.59. The zero-order chi connectivity index (χ0) is 10.2. The Balaban J connectivity index is 2.01. The van der Waals surface area contributed by atoms with Crippen LogP contribution in [0.3, 0.4) is 0 Å². The summed E-state index contributed by atoms with van der Waals surface area (Å²) in [7, 11) is 0. The maximum absolute atomic E-state index is 5.28. The zero-order valence-corrected chi connectivity index (χ0v) is 8.32. The third-order valence-electron chi connectivity index (χ3n) is 1.52. The van der Waals surface area contributed by atoms with Crippen LogP contribution in [-0.4, -0.2) is 29.9 Å². The second-order valence-corrected chi connectivity index (χ2v) is 2.76. The number of hydrogen-bond donors (Lipinski definition) is 1. The maximum atomic E-state index is 5.28. The van der Waals surface area contributed by atoms with E-state index in [0.29, 0.717) is 31.6 Å². The van der Waals surface area contributed by atoms with Crippen molar-refractivity contribution in [3.63, 3.8) is 0 Å². The van der Waals surface area contributed by atoms with Gasteiger partial charge in [0.15, 0.2) is 5.82 Å². The molecule has 5 heteroatoms. The molecule has 1 rings (SSSR count). The van der Waals surface area contributed by atoms with E-state index in [9.17, 15) is 0 Å². The molecule has 0 atom stereocenters. The molecule has 0 aliphatic heterocycles. The fourth-order valence-corrected chi connectivity index (χ4v) is 0.868. The second kappa shape index (κ2) is 6.15. The van der Waals surface area contributed by atoms with Gasteiger partial charge in [0, 0.05) is 6.54 Å². The number of aromatic nitrogens is 2. The first-order valence-corrected chi connectivity index (χ1v) is 4.55. The lowest BCUT2D eigenvalue weighted by molar-refractivity contribution is 0.148. The highest BCUT2D eigenvalue weighted by Crippen LogP contribution is 2.00. The smallest absolute Gasteiger partial charge is 0.321 e. The molecule has 0 aliphatic carbocycles. The molecule has 0 aliphatic rings. The molecule has 0 unspecified atom stereocenters. The van der Waals surface area contributed by atoms with E-state index in [-0.39, 0.29) is 0 Å². The van der Waals surface area contributed by atoms with Crippen LogP contribution in [0.5, 0.6) is 0 Å². The first-order chi connectivity index (χ1) is 6.83. The third-order valence-corrected chi connectivity index (χ3v) is 1.52. The Bertz CT molecular complexity index is 273. The molecule has 0 bridgehead atoms. The summed E-state index contributed by atoms with van der Waals surface area (Å²) in [4.78, 5) is 3.98. The van der Waals surface area contributed by atoms with Crippen molar-refractivity contribution in [1.82, 2.24) is 10.1 Å². The molecule has 0 spiro atoms. The summed E-state index contributed by atoms with van der Waals surface area (Å²) in [6, 6.07) is 0.440. The number of rotatable bonds is 7. The largest absolute Gasteiger partial charge is 0.379 e. The van der Waals surface area contributed by atoms with Crippen molar-refractivity contribution in [1.29, 1.82) is 0 Å². The van der Waals surface area contributed by atoms with Crippen molar-refractivity contribution in [2.75, 3.05) is 25.1 Å². The molecule has 1 heterocycles. The fraction of sp³-hybridized carbons (Fsp3) is 0.556. The Labute approximate surface area is 83.1 Å². The normalized spacial score (nSPS) is 10.1. The Kier molecular flexibility index (Phi) is 4.71. The molecular formula is C9H15N3O2. The van der Waals surface area contributed by atoms with Crippen LogP contribution >= 0.6 is 0 Å². The third kappa shape index (κ3) is 4.04. The zero-order valence-electron chi connectivity index (χ0n) is 8.32. The van der Waals surface area contributed by atoms with Crippen molar-refractivity contribution >= 4 is 6.01 Å². The van der Waals surface area contributed by atoms with E-state index in [1.807, 2.05) is 6.08 Å². The molecule has 78 valence electrons. The fourth-order valence-electron chi connectivity index (χ4n) is 0.868. The summed E-state index contributed by atoms with van der Waals surface area (Å²) in [6.07, 6.45) is 2.70. The quantitative estimate of drug-likeness (QED) is 0.528. The van der Waals surface area contributed by atoms with E-state index >= 15 is 0 Å². The number of anilines is 1. The summed E-state index contributed by atoms with van der Waals surface area (Å²) in [6.45, 7) is 7.36. The molecule has 1 aromatic rings. The molecule has 0 radical (unpaired) electrons. The Morgan fingerprint density at radius 2 is 2.43 bits per heavy atom. The van der Waals surface area contributed by atoms with E-state index < -0.39 is 0 Å². The first kappa shape index (κ1) is 10.7. The lowest BCUT2D eigenvalue weighted by Crippen LogP contribution is -2.09. The SMILES string of the molecule is C=CCCOCCNc1nc(C)no1. The van der Waals surface area contributed by atoms with Gasteiger partial charge >= 0.3 is 6.01 Å². The van der Waals surface area contributed by atoms with Crippen LogP contribution in [0.4, 0.5) is 6.01 Å². The van der Waals surface area contributed by atoms with Crippen molar-refractivity contribution in [3.8, 4) is 0 Å². The van der Waals surface area contributed by atoms with Crippen LogP contribution in [0.15, 0.2) is 17.2 Å². The highest BCUT2D eigenvalue weighted by molar-refractivity contribution is 5.17. The van der Waals surface area contributed by atoms with E-state index in [1.54, 1.807) is 6.92 Å². The number of nitrogens with one attached hydrogen (secondary N) is 1. The standard InChI is InChI=1S/C9H15N3O2/c1-3-4-6-13-7-5-10-9-11-8(2)12-14-9/h3H,1,4-7H2,2H3,(H,10,11,12). The van der Waals surface area contributed by atoms with Crippen LogP contribution in [-0.2, 0) is 4.74 Å². The summed E-state index contributed by atoms with van der Waals surface area (Å²) >= 11 is 0. The Morgan fingerprint density at radius 1 is 1.57 bits per heavy atom. The molecule has 14 heavy (non-hydrogen) atoms. The van der Waals surface area contributed by atoms with Crippen molar-refractivity contribution in [3.05, 3.63) is 18.5 Å². The van der Waals surface area contributed by atoms with Gasteiger partial charge in [-0.25, -0.2) is 0 Å². The number of ether oxygens (including phenoxy) is 1. The van der Waals surface area contributed by atoms with Crippen LogP contribution in [0, 0.1) is 6.92 Å². The minimum absolute atomic E-state index is 0.440. The molecule has 1 N–H and O–H groups in total. The second-order valence-electron chi connectivity index (χ2n) is 2.76. The minimum atomic E-state index is 0.440. The lowest BCUT2D eigenvalue weighted by atomic mass is 10.4. The Morgan fingerprint density at radius 3 is 3.07 bits per heavy atom. The van der Waals surface area contributed by atoms with Gasteiger partial charge in [-0.2, -0.15) is 4.98 Å². The topological polar surface area (TPSA) is 60.2 Å². The van der Waals surface area contributed by atoms with Gasteiger partial charge in [0.25, 0.3) is 0 Å². The van der Waals surface area contributed by atoms with Crippen LogP contribution in [0.25, 0.3) is 0 Å². The molecule has 5 nitrogen and oxygen atoms in total. The van der Waals surface area contributed by atoms with Gasteiger partial charge in [-0.15, -0.1) is 6.58 Å². The molecule has 0 saturated carbocycles. The van der Waals surface area contributed by atoms with E-state index in [4.69, 9.17) is 9.26 Å². The summed E-state index contributed by atoms with van der Waals surface area (Å²) < 4.78 is 10.1. The van der Waals surface area contributed by atoms with Gasteiger partial charge in [0.05, 0.1) is 13.2 Å².